The maximum Gasteiger partial charge on any atom is 0.429 e. The fraction of sp³-hybridized carbons (Fsp3) is 0.414. The van der Waals surface area contributed by atoms with E-state index in [4.69, 9.17) is 38.4 Å². The highest BCUT2D eigenvalue weighted by Gasteiger charge is 2.46. The van der Waals surface area contributed by atoms with Crippen LogP contribution in [0.25, 0.3) is 11.1 Å². The van der Waals surface area contributed by atoms with Crippen LogP contribution >= 0.6 is 23.2 Å². The molecule has 3 heterocycles. The number of aromatic nitrogens is 2. The number of anilines is 2. The van der Waals surface area contributed by atoms with E-state index in [2.05, 4.69) is 15.3 Å². The van der Waals surface area contributed by atoms with Crippen molar-refractivity contribution in [2.45, 2.75) is 44.5 Å². The molecule has 2 atom stereocenters. The number of aliphatic carboxylic acids is 1. The van der Waals surface area contributed by atoms with Gasteiger partial charge in [-0.1, -0.05) is 35.3 Å². The number of carboxylic acids is 1. The van der Waals surface area contributed by atoms with Gasteiger partial charge in [0.25, 0.3) is 0 Å². The first kappa shape index (κ1) is 31.0. The van der Waals surface area contributed by atoms with Gasteiger partial charge in [0.1, 0.15) is 17.6 Å². The maximum absolute atomic E-state index is 14.6. The number of hydrogen-bond donors (Lipinski definition) is 3. The van der Waals surface area contributed by atoms with Crippen LogP contribution in [0.2, 0.25) is 10.0 Å². The van der Waals surface area contributed by atoms with Crippen LogP contribution in [0.5, 0.6) is 11.6 Å². The van der Waals surface area contributed by atoms with Crippen molar-refractivity contribution in [3.63, 3.8) is 0 Å². The average Bonchev–Trinajstić information content (AvgIpc) is 3.36. The summed E-state index contributed by atoms with van der Waals surface area (Å²) in [7, 11) is 0. The van der Waals surface area contributed by atoms with Gasteiger partial charge in [-0.15, -0.1) is 0 Å². The van der Waals surface area contributed by atoms with Crippen molar-refractivity contribution in [2.24, 2.45) is 5.41 Å². The molecule has 9 nitrogen and oxygen atoms in total. The first-order valence-electron chi connectivity index (χ1n) is 13.7. The topological polar surface area (TPSA) is 123 Å². The lowest BCUT2D eigenvalue weighted by Crippen LogP contribution is -2.41. The molecule has 2 saturated heterocycles. The van der Waals surface area contributed by atoms with Crippen molar-refractivity contribution in [1.82, 2.24) is 15.3 Å². The molecule has 1 aromatic heterocycles. The zero-order valence-corrected chi connectivity index (χ0v) is 24.6. The number of alkyl halides is 3. The summed E-state index contributed by atoms with van der Waals surface area (Å²) in [6, 6.07) is 9.48. The van der Waals surface area contributed by atoms with Gasteiger partial charge >= 0.3 is 12.1 Å². The zero-order chi connectivity index (χ0) is 30.9. The molecule has 1 spiro atoms. The molecule has 0 amide bonds. The van der Waals surface area contributed by atoms with Crippen molar-refractivity contribution in [2.75, 3.05) is 36.9 Å². The van der Waals surface area contributed by atoms with E-state index in [-0.39, 0.29) is 38.4 Å². The fourth-order valence-corrected chi connectivity index (χ4v) is 6.12. The lowest BCUT2D eigenvalue weighted by molar-refractivity contribution is -0.198. The third kappa shape index (κ3) is 6.86. The van der Waals surface area contributed by atoms with Crippen LogP contribution in [-0.4, -0.2) is 59.5 Å². The number of carbonyl (C=O) groups is 1. The largest absolute Gasteiger partial charge is 0.492 e. The molecule has 230 valence electrons. The van der Waals surface area contributed by atoms with Crippen LogP contribution in [0, 0.1) is 5.41 Å². The number of halogens is 5. The summed E-state index contributed by atoms with van der Waals surface area (Å²) in [5, 5.41) is 12.9. The van der Waals surface area contributed by atoms with Crippen LogP contribution in [0.4, 0.5) is 24.9 Å². The van der Waals surface area contributed by atoms with Gasteiger partial charge in [0, 0.05) is 36.3 Å². The molecule has 2 aliphatic heterocycles. The smallest absolute Gasteiger partial charge is 0.429 e. The van der Waals surface area contributed by atoms with Crippen molar-refractivity contribution in [3.8, 4) is 22.8 Å². The fourth-order valence-electron chi connectivity index (χ4n) is 5.71. The summed E-state index contributed by atoms with van der Waals surface area (Å²) in [5.41, 5.74) is 6.13. The summed E-state index contributed by atoms with van der Waals surface area (Å²) in [6.45, 7) is 3.80. The lowest BCUT2D eigenvalue weighted by atomic mass is 9.76. The monoisotopic (exact) mass is 639 g/mol. The molecule has 2 aromatic carbocycles. The minimum Gasteiger partial charge on any atom is -0.492 e. The quantitative estimate of drug-likeness (QED) is 0.266. The maximum atomic E-state index is 14.6. The first-order valence-corrected chi connectivity index (χ1v) is 14.4. The molecule has 0 aliphatic carbocycles. The Kier molecular flexibility index (Phi) is 8.82. The molecule has 5 rings (SSSR count). The number of nitrogens with zero attached hydrogens (tertiary/aromatic N) is 3. The van der Waals surface area contributed by atoms with E-state index >= 15 is 0 Å². The number of nitrogens with two attached hydrogens (primary N) is 1. The Morgan fingerprint density at radius 1 is 1.19 bits per heavy atom. The second-order valence-corrected chi connectivity index (χ2v) is 11.6. The van der Waals surface area contributed by atoms with Gasteiger partial charge < -0.3 is 30.5 Å². The van der Waals surface area contributed by atoms with Crippen molar-refractivity contribution in [1.29, 1.82) is 0 Å². The molecule has 3 aromatic rings. The van der Waals surface area contributed by atoms with Crippen LogP contribution in [0.1, 0.15) is 37.9 Å². The third-order valence-electron chi connectivity index (χ3n) is 7.89. The standard InChI is InChI=1S/C29H30Cl2F3N5O4/c1-2-42-22-6-3-16(11-20(22)31)19-12-17(30)4-5-18(19)25(29(32,33)34)43-24-13-23(37-27(35)38-24)39-9-7-28(8-10-39)14-21(26(40)41)36-15-28/h3-6,11-13,21,25,36H,2,7-10,14-15H2,1H3,(H,40,41)(H2,35,37,38)/t21-,25?/m0/s1. The van der Waals surface area contributed by atoms with Gasteiger partial charge in [-0.25, -0.2) is 0 Å². The highest BCUT2D eigenvalue weighted by Crippen LogP contribution is 2.44. The normalized spacial score (nSPS) is 18.9. The van der Waals surface area contributed by atoms with Crippen molar-refractivity contribution >= 4 is 40.9 Å². The molecular formula is C29H30Cl2F3N5O4. The summed E-state index contributed by atoms with van der Waals surface area (Å²) in [6.07, 6.45) is -5.37. The summed E-state index contributed by atoms with van der Waals surface area (Å²) < 4.78 is 54.8. The number of nitrogens with one attached hydrogen (secondary N) is 1. The highest BCUT2D eigenvalue weighted by molar-refractivity contribution is 6.32. The zero-order valence-electron chi connectivity index (χ0n) is 23.1. The molecular weight excluding hydrogens is 610 g/mol. The van der Waals surface area contributed by atoms with E-state index < -0.39 is 24.3 Å². The Bertz CT molecular complexity index is 1500. The van der Waals surface area contributed by atoms with E-state index in [9.17, 15) is 23.1 Å². The Balaban J connectivity index is 1.42. The highest BCUT2D eigenvalue weighted by atomic mass is 35.5. The summed E-state index contributed by atoms with van der Waals surface area (Å²) in [5.74, 6) is -0.730. The van der Waals surface area contributed by atoms with Gasteiger partial charge in [0.2, 0.25) is 17.9 Å². The lowest BCUT2D eigenvalue weighted by Gasteiger charge is -2.39. The second-order valence-electron chi connectivity index (χ2n) is 10.7. The number of ether oxygens (including phenoxy) is 2. The summed E-state index contributed by atoms with van der Waals surface area (Å²) in [4.78, 5) is 21.5. The van der Waals surface area contributed by atoms with Crippen LogP contribution in [-0.2, 0) is 4.79 Å². The van der Waals surface area contributed by atoms with Crippen molar-refractivity contribution < 1.29 is 32.5 Å². The molecule has 1 unspecified atom stereocenters. The number of hydrogen-bond acceptors (Lipinski definition) is 8. The Labute approximate surface area is 256 Å². The van der Waals surface area contributed by atoms with Crippen LogP contribution in [0.3, 0.4) is 0 Å². The van der Waals surface area contributed by atoms with E-state index in [0.29, 0.717) is 62.6 Å². The van der Waals surface area contributed by atoms with E-state index in [1.54, 1.807) is 19.1 Å². The van der Waals surface area contributed by atoms with Gasteiger partial charge in [-0.05, 0) is 67.0 Å². The van der Waals surface area contributed by atoms with Crippen LogP contribution < -0.4 is 25.4 Å². The van der Waals surface area contributed by atoms with Gasteiger partial charge in [-0.3, -0.25) is 4.79 Å². The Morgan fingerprint density at radius 2 is 1.93 bits per heavy atom. The molecule has 0 bridgehead atoms. The molecule has 2 aliphatic rings. The Hall–Kier alpha value is -3.48. The summed E-state index contributed by atoms with van der Waals surface area (Å²) >= 11 is 12.5. The number of benzene rings is 2. The molecule has 43 heavy (non-hydrogen) atoms. The van der Waals surface area contributed by atoms with Crippen molar-refractivity contribution in [3.05, 3.63) is 58.1 Å². The minimum absolute atomic E-state index is 0.159. The molecule has 4 N–H and O–H groups in total. The van der Waals surface area contributed by atoms with Gasteiger partial charge in [0.15, 0.2) is 0 Å². The molecule has 0 radical (unpaired) electrons. The number of carboxylic acid groups (broad SMARTS) is 1. The minimum atomic E-state index is -4.84. The number of nitrogen functional groups attached to an aromatic ring is 1. The average molecular weight is 640 g/mol. The predicted octanol–water partition coefficient (Wildman–Crippen LogP) is 6.15. The SMILES string of the molecule is CCOc1ccc(-c2cc(Cl)ccc2C(Oc2cc(N3CCC4(CC3)CN[C@H](C(=O)O)C4)nc(N)n2)C(F)(F)F)cc1Cl. The van der Waals surface area contributed by atoms with E-state index in [0.717, 1.165) is 0 Å². The van der Waals surface area contributed by atoms with E-state index in [1.165, 1.54) is 30.3 Å². The molecule has 14 heteroatoms. The van der Waals surface area contributed by atoms with Gasteiger partial charge in [-0.2, -0.15) is 23.1 Å². The van der Waals surface area contributed by atoms with Gasteiger partial charge in [0.05, 0.1) is 11.6 Å². The molecule has 2 fully saturated rings. The van der Waals surface area contributed by atoms with E-state index in [1.807, 2.05) is 4.90 Å². The molecule has 0 saturated carbocycles. The predicted molar refractivity (Wildman–Crippen MR) is 157 cm³/mol. The number of piperidine rings is 1. The first-order chi connectivity index (χ1) is 20.4. The number of rotatable bonds is 8. The third-order valence-corrected chi connectivity index (χ3v) is 8.42. The van der Waals surface area contributed by atoms with Crippen LogP contribution in [0.15, 0.2) is 42.5 Å². The second kappa shape index (κ2) is 12.3. The Morgan fingerprint density at radius 3 is 2.56 bits per heavy atom.